The van der Waals surface area contributed by atoms with Crippen LogP contribution in [0.15, 0.2) is 24.3 Å². The fourth-order valence-electron chi connectivity index (χ4n) is 2.34. The highest BCUT2D eigenvalue weighted by Gasteiger charge is 2.19. The van der Waals surface area contributed by atoms with Crippen molar-refractivity contribution >= 4 is 5.78 Å². The molecule has 0 radical (unpaired) electrons. The molecule has 0 aliphatic rings. The number of carbonyl (C=O) groups excluding carboxylic acids is 1. The van der Waals surface area contributed by atoms with Gasteiger partial charge in [-0.3, -0.25) is 4.79 Å². The van der Waals surface area contributed by atoms with Gasteiger partial charge in [-0.25, -0.2) is 0 Å². The average molecular weight is 275 g/mol. The SMILES string of the molecule is C=C(C)C(=O)c1c(O)ccc(C)c1CCN(CC)CC. The van der Waals surface area contributed by atoms with Gasteiger partial charge < -0.3 is 10.0 Å². The summed E-state index contributed by atoms with van der Waals surface area (Å²) in [5.74, 6) is -0.112. The van der Waals surface area contributed by atoms with Gasteiger partial charge in [0.15, 0.2) is 5.78 Å². The number of allylic oxidation sites excluding steroid dienone is 1. The second kappa shape index (κ2) is 7.25. The van der Waals surface area contributed by atoms with Crippen molar-refractivity contribution in [1.29, 1.82) is 0 Å². The molecule has 0 spiro atoms. The second-order valence-electron chi connectivity index (χ2n) is 5.14. The van der Waals surface area contributed by atoms with Crippen LogP contribution in [-0.4, -0.2) is 35.4 Å². The zero-order valence-corrected chi connectivity index (χ0v) is 13.0. The molecule has 3 heteroatoms. The smallest absolute Gasteiger partial charge is 0.192 e. The van der Waals surface area contributed by atoms with E-state index in [0.29, 0.717) is 11.1 Å². The van der Waals surface area contributed by atoms with Crippen LogP contribution in [0.25, 0.3) is 0 Å². The van der Waals surface area contributed by atoms with Crippen LogP contribution in [0.1, 0.15) is 42.3 Å². The minimum atomic E-state index is -0.166. The Morgan fingerprint density at radius 1 is 1.30 bits per heavy atom. The van der Waals surface area contributed by atoms with E-state index in [0.717, 1.165) is 37.2 Å². The van der Waals surface area contributed by atoms with Gasteiger partial charge in [-0.05, 0) is 56.1 Å². The van der Waals surface area contributed by atoms with E-state index < -0.39 is 0 Å². The van der Waals surface area contributed by atoms with Crippen molar-refractivity contribution in [2.75, 3.05) is 19.6 Å². The van der Waals surface area contributed by atoms with Crippen molar-refractivity contribution in [3.05, 3.63) is 41.0 Å². The van der Waals surface area contributed by atoms with Crippen LogP contribution in [0.4, 0.5) is 0 Å². The lowest BCUT2D eigenvalue weighted by Crippen LogP contribution is -2.26. The first-order valence-corrected chi connectivity index (χ1v) is 7.16. The van der Waals surface area contributed by atoms with E-state index in [9.17, 15) is 9.90 Å². The molecule has 0 amide bonds. The van der Waals surface area contributed by atoms with E-state index in [1.165, 1.54) is 0 Å². The molecule has 0 aliphatic carbocycles. The minimum absolute atomic E-state index is 0.0538. The summed E-state index contributed by atoms with van der Waals surface area (Å²) in [7, 11) is 0. The highest BCUT2D eigenvalue weighted by molar-refractivity contribution is 6.10. The summed E-state index contributed by atoms with van der Waals surface area (Å²) in [6.45, 7) is 14.5. The summed E-state index contributed by atoms with van der Waals surface area (Å²) in [5.41, 5.74) is 2.85. The summed E-state index contributed by atoms with van der Waals surface area (Å²) >= 11 is 0. The Hall–Kier alpha value is -1.61. The van der Waals surface area contributed by atoms with Crippen molar-refractivity contribution in [3.63, 3.8) is 0 Å². The average Bonchev–Trinajstić information content (AvgIpc) is 2.42. The van der Waals surface area contributed by atoms with E-state index in [4.69, 9.17) is 0 Å². The number of aromatic hydroxyl groups is 1. The molecule has 0 fully saturated rings. The minimum Gasteiger partial charge on any atom is -0.507 e. The highest BCUT2D eigenvalue weighted by atomic mass is 16.3. The maximum absolute atomic E-state index is 12.2. The summed E-state index contributed by atoms with van der Waals surface area (Å²) in [6.07, 6.45) is 0.760. The first-order chi connectivity index (χ1) is 9.42. The van der Waals surface area contributed by atoms with Crippen molar-refractivity contribution in [2.24, 2.45) is 0 Å². The summed E-state index contributed by atoms with van der Waals surface area (Å²) in [6, 6.07) is 3.45. The van der Waals surface area contributed by atoms with Gasteiger partial charge in [-0.2, -0.15) is 0 Å². The zero-order chi connectivity index (χ0) is 15.3. The number of phenols is 1. The summed E-state index contributed by atoms with van der Waals surface area (Å²) < 4.78 is 0. The number of carbonyl (C=O) groups is 1. The van der Waals surface area contributed by atoms with Gasteiger partial charge in [0.2, 0.25) is 0 Å². The standard InChI is InChI=1S/C17H25NO2/c1-6-18(7-2)11-10-14-13(5)8-9-15(19)16(14)17(20)12(3)4/h8-9,19H,3,6-7,10-11H2,1-2,4-5H3. The topological polar surface area (TPSA) is 40.5 Å². The normalized spacial score (nSPS) is 10.8. The van der Waals surface area contributed by atoms with Gasteiger partial charge in [0, 0.05) is 6.54 Å². The molecular weight excluding hydrogens is 250 g/mol. The van der Waals surface area contributed by atoms with Gasteiger partial charge in [0.05, 0.1) is 5.56 Å². The second-order valence-corrected chi connectivity index (χ2v) is 5.14. The molecule has 0 bridgehead atoms. The van der Waals surface area contributed by atoms with Crippen LogP contribution in [0.5, 0.6) is 5.75 Å². The van der Waals surface area contributed by atoms with E-state index in [-0.39, 0.29) is 11.5 Å². The number of likely N-dealkylation sites (N-methyl/N-ethyl adjacent to an activating group) is 1. The number of hydrogen-bond donors (Lipinski definition) is 1. The van der Waals surface area contributed by atoms with Gasteiger partial charge in [-0.15, -0.1) is 0 Å². The zero-order valence-electron chi connectivity index (χ0n) is 13.0. The van der Waals surface area contributed by atoms with E-state index in [2.05, 4.69) is 25.3 Å². The van der Waals surface area contributed by atoms with E-state index >= 15 is 0 Å². The molecule has 0 heterocycles. The van der Waals surface area contributed by atoms with Crippen LogP contribution in [0, 0.1) is 6.92 Å². The van der Waals surface area contributed by atoms with Crippen molar-refractivity contribution < 1.29 is 9.90 Å². The number of aryl methyl sites for hydroxylation is 1. The molecule has 20 heavy (non-hydrogen) atoms. The highest BCUT2D eigenvalue weighted by Crippen LogP contribution is 2.27. The lowest BCUT2D eigenvalue weighted by atomic mass is 9.93. The number of nitrogens with zero attached hydrogens (tertiary/aromatic N) is 1. The molecule has 0 saturated heterocycles. The van der Waals surface area contributed by atoms with Crippen LogP contribution in [-0.2, 0) is 6.42 Å². The van der Waals surface area contributed by atoms with Crippen LogP contribution < -0.4 is 0 Å². The Labute approximate surface area is 121 Å². The Balaban J connectivity index is 3.13. The maximum Gasteiger partial charge on any atom is 0.192 e. The molecule has 0 unspecified atom stereocenters. The third-order valence-corrected chi connectivity index (χ3v) is 3.71. The molecule has 3 nitrogen and oxygen atoms in total. The fourth-order valence-corrected chi connectivity index (χ4v) is 2.34. The Kier molecular flexibility index (Phi) is 5.96. The molecule has 0 aliphatic heterocycles. The molecule has 1 N–H and O–H groups in total. The molecule has 1 rings (SSSR count). The number of hydrogen-bond acceptors (Lipinski definition) is 3. The molecule has 0 aromatic heterocycles. The molecule has 0 atom stereocenters. The van der Waals surface area contributed by atoms with Crippen LogP contribution in [0.3, 0.4) is 0 Å². The lowest BCUT2D eigenvalue weighted by Gasteiger charge is -2.20. The molecule has 1 aromatic carbocycles. The van der Waals surface area contributed by atoms with Gasteiger partial charge in [0.25, 0.3) is 0 Å². The predicted molar refractivity (Wildman–Crippen MR) is 83.5 cm³/mol. The summed E-state index contributed by atoms with van der Waals surface area (Å²) in [4.78, 5) is 14.6. The first kappa shape index (κ1) is 16.4. The van der Waals surface area contributed by atoms with Gasteiger partial charge in [0.1, 0.15) is 5.75 Å². The van der Waals surface area contributed by atoms with Crippen molar-refractivity contribution in [2.45, 2.75) is 34.1 Å². The van der Waals surface area contributed by atoms with E-state index in [1.54, 1.807) is 13.0 Å². The summed E-state index contributed by atoms with van der Waals surface area (Å²) in [5, 5.41) is 10.0. The van der Waals surface area contributed by atoms with Gasteiger partial charge in [-0.1, -0.05) is 26.5 Å². The number of rotatable bonds is 7. The Bertz CT molecular complexity index is 502. The molecule has 0 saturated carbocycles. The van der Waals surface area contributed by atoms with Crippen LogP contribution in [0.2, 0.25) is 0 Å². The number of Topliss-reactive ketones (excluding diaryl/α,β-unsaturated/α-hetero) is 1. The molecule has 1 aromatic rings. The van der Waals surface area contributed by atoms with Crippen LogP contribution >= 0.6 is 0 Å². The number of phenolic OH excluding ortho intramolecular Hbond substituents is 1. The monoisotopic (exact) mass is 275 g/mol. The number of benzene rings is 1. The molecular formula is C17H25NO2. The Morgan fingerprint density at radius 3 is 2.40 bits per heavy atom. The van der Waals surface area contributed by atoms with Gasteiger partial charge >= 0.3 is 0 Å². The van der Waals surface area contributed by atoms with E-state index in [1.807, 2.05) is 13.0 Å². The predicted octanol–water partition coefficient (Wildman–Crippen LogP) is 3.34. The third kappa shape index (κ3) is 3.70. The van der Waals surface area contributed by atoms with Crippen molar-refractivity contribution in [3.8, 4) is 5.75 Å². The third-order valence-electron chi connectivity index (χ3n) is 3.71. The largest absolute Gasteiger partial charge is 0.507 e. The number of ketones is 1. The first-order valence-electron chi connectivity index (χ1n) is 7.16. The quantitative estimate of drug-likeness (QED) is 0.613. The fraction of sp³-hybridized carbons (Fsp3) is 0.471. The Morgan fingerprint density at radius 2 is 1.90 bits per heavy atom. The lowest BCUT2D eigenvalue weighted by molar-refractivity contribution is 0.103. The maximum atomic E-state index is 12.2. The molecule has 110 valence electrons. The van der Waals surface area contributed by atoms with Crippen molar-refractivity contribution in [1.82, 2.24) is 4.90 Å².